The molecule has 20 heavy (non-hydrogen) atoms. The van der Waals surface area contributed by atoms with Crippen LogP contribution in [-0.4, -0.2) is 0 Å². The largest absolute Gasteiger partial charge is 0.320 e. The van der Waals surface area contributed by atoms with Gasteiger partial charge in [0.05, 0.1) is 6.04 Å². The molecule has 0 saturated carbocycles. The van der Waals surface area contributed by atoms with Crippen LogP contribution in [0.4, 0.5) is 8.78 Å². The monoisotopic (exact) mass is 275 g/mol. The molecule has 0 aromatic heterocycles. The van der Waals surface area contributed by atoms with Gasteiger partial charge in [-0.25, -0.2) is 8.78 Å². The fourth-order valence-corrected chi connectivity index (χ4v) is 2.40. The first-order chi connectivity index (χ1) is 9.58. The second-order valence-electron chi connectivity index (χ2n) is 4.86. The normalized spacial score (nSPS) is 12.4. The number of nitrogens with two attached hydrogens (primary N) is 1. The maximum atomic E-state index is 13.9. The molecule has 0 saturated heterocycles. The van der Waals surface area contributed by atoms with E-state index in [0.29, 0.717) is 0 Å². The van der Waals surface area contributed by atoms with E-state index < -0.39 is 17.7 Å². The number of rotatable bonds is 4. The lowest BCUT2D eigenvalue weighted by Gasteiger charge is -2.18. The molecule has 2 rings (SSSR count). The van der Waals surface area contributed by atoms with E-state index in [0.717, 1.165) is 35.6 Å². The Morgan fingerprint density at radius 3 is 2.40 bits per heavy atom. The van der Waals surface area contributed by atoms with Gasteiger partial charge in [0.2, 0.25) is 0 Å². The highest BCUT2D eigenvalue weighted by molar-refractivity contribution is 5.40. The van der Waals surface area contributed by atoms with Crippen molar-refractivity contribution in [2.24, 2.45) is 5.73 Å². The zero-order valence-electron chi connectivity index (χ0n) is 11.8. The molecule has 2 N–H and O–H groups in total. The van der Waals surface area contributed by atoms with Crippen LogP contribution >= 0.6 is 0 Å². The highest BCUT2D eigenvalue weighted by Crippen LogP contribution is 2.27. The van der Waals surface area contributed by atoms with Gasteiger partial charge in [-0.2, -0.15) is 0 Å². The minimum atomic E-state index is -0.859. The van der Waals surface area contributed by atoms with Gasteiger partial charge in [-0.15, -0.1) is 0 Å². The first kappa shape index (κ1) is 14.7. The van der Waals surface area contributed by atoms with Crippen LogP contribution in [0.3, 0.4) is 0 Å². The number of hydrogen-bond donors (Lipinski definition) is 1. The number of halogens is 2. The van der Waals surface area contributed by atoms with Crippen LogP contribution in [0.1, 0.15) is 42.1 Å². The lowest BCUT2D eigenvalue weighted by atomic mass is 9.91. The molecule has 1 unspecified atom stereocenters. The minimum absolute atomic E-state index is 0.202. The smallest absolute Gasteiger partial charge is 0.163 e. The molecule has 1 nitrogen and oxygen atoms in total. The first-order valence-corrected chi connectivity index (χ1v) is 6.89. The summed E-state index contributed by atoms with van der Waals surface area (Å²) >= 11 is 0. The van der Waals surface area contributed by atoms with Gasteiger partial charge in [0, 0.05) is 5.56 Å². The second kappa shape index (κ2) is 6.14. The van der Waals surface area contributed by atoms with Gasteiger partial charge in [-0.05, 0) is 35.6 Å². The average molecular weight is 275 g/mol. The van der Waals surface area contributed by atoms with Crippen molar-refractivity contribution in [2.75, 3.05) is 0 Å². The molecule has 0 heterocycles. The Bertz CT molecular complexity index is 608. The molecule has 2 aromatic rings. The van der Waals surface area contributed by atoms with Crippen molar-refractivity contribution in [2.45, 2.75) is 32.7 Å². The van der Waals surface area contributed by atoms with E-state index in [1.54, 1.807) is 6.07 Å². The van der Waals surface area contributed by atoms with Crippen molar-refractivity contribution in [3.8, 4) is 0 Å². The molecule has 1 atom stereocenters. The van der Waals surface area contributed by atoms with Gasteiger partial charge in [0.1, 0.15) is 0 Å². The summed E-state index contributed by atoms with van der Waals surface area (Å²) in [4.78, 5) is 0. The van der Waals surface area contributed by atoms with E-state index in [1.165, 1.54) is 6.07 Å². The summed E-state index contributed by atoms with van der Waals surface area (Å²) in [6.45, 7) is 4.08. The lowest BCUT2D eigenvalue weighted by molar-refractivity contribution is 0.494. The molecule has 3 heteroatoms. The number of hydrogen-bond acceptors (Lipinski definition) is 1. The topological polar surface area (TPSA) is 26.0 Å². The Hall–Kier alpha value is -1.74. The lowest BCUT2D eigenvalue weighted by Crippen LogP contribution is -2.16. The predicted molar refractivity (Wildman–Crippen MR) is 77.6 cm³/mol. The molecule has 0 aliphatic heterocycles. The van der Waals surface area contributed by atoms with Crippen molar-refractivity contribution < 1.29 is 8.78 Å². The van der Waals surface area contributed by atoms with Gasteiger partial charge in [0.25, 0.3) is 0 Å². The molecule has 106 valence electrons. The molecule has 0 spiro atoms. The zero-order chi connectivity index (χ0) is 14.7. The van der Waals surface area contributed by atoms with Crippen molar-refractivity contribution in [3.05, 3.63) is 70.3 Å². The number of aryl methyl sites for hydroxylation is 2. The van der Waals surface area contributed by atoms with E-state index in [1.807, 2.05) is 19.1 Å². The summed E-state index contributed by atoms with van der Waals surface area (Å²) in [5.74, 6) is -1.72. The standard InChI is InChI=1S/C17H19F2N/c1-3-11-8-9-12(4-2)14(10-11)17(20)13-6-5-7-15(18)16(13)19/h5-10,17H,3-4,20H2,1-2H3. The maximum absolute atomic E-state index is 13.9. The molecule has 0 aliphatic rings. The summed E-state index contributed by atoms with van der Waals surface area (Å²) in [5.41, 5.74) is 9.46. The fourth-order valence-electron chi connectivity index (χ4n) is 2.40. The van der Waals surface area contributed by atoms with Crippen LogP contribution < -0.4 is 5.73 Å². The van der Waals surface area contributed by atoms with Crippen LogP contribution in [0.2, 0.25) is 0 Å². The summed E-state index contributed by atoms with van der Waals surface area (Å²) in [6, 6.07) is 9.56. The molecule has 0 radical (unpaired) electrons. The van der Waals surface area contributed by atoms with Crippen molar-refractivity contribution in [1.82, 2.24) is 0 Å². The van der Waals surface area contributed by atoms with Gasteiger partial charge in [0.15, 0.2) is 11.6 Å². The van der Waals surface area contributed by atoms with Gasteiger partial charge >= 0.3 is 0 Å². The highest BCUT2D eigenvalue weighted by atomic mass is 19.2. The summed E-state index contributed by atoms with van der Waals surface area (Å²) in [5, 5.41) is 0. The minimum Gasteiger partial charge on any atom is -0.320 e. The molecular weight excluding hydrogens is 256 g/mol. The summed E-state index contributed by atoms with van der Waals surface area (Å²) < 4.78 is 27.3. The van der Waals surface area contributed by atoms with Gasteiger partial charge in [-0.1, -0.05) is 44.2 Å². The van der Waals surface area contributed by atoms with E-state index in [-0.39, 0.29) is 5.56 Å². The molecule has 0 bridgehead atoms. The molecular formula is C17H19F2N. The third-order valence-electron chi connectivity index (χ3n) is 3.65. The highest BCUT2D eigenvalue weighted by Gasteiger charge is 2.18. The van der Waals surface area contributed by atoms with Crippen molar-refractivity contribution >= 4 is 0 Å². The Morgan fingerprint density at radius 1 is 1.00 bits per heavy atom. The molecule has 0 amide bonds. The van der Waals surface area contributed by atoms with Crippen LogP contribution in [0.25, 0.3) is 0 Å². The molecule has 0 aliphatic carbocycles. The van der Waals surface area contributed by atoms with Crippen molar-refractivity contribution in [1.29, 1.82) is 0 Å². The fraction of sp³-hybridized carbons (Fsp3) is 0.294. The predicted octanol–water partition coefficient (Wildman–Crippen LogP) is 4.14. The number of benzene rings is 2. The Balaban J connectivity index is 2.51. The first-order valence-electron chi connectivity index (χ1n) is 6.89. The molecule has 0 fully saturated rings. The SMILES string of the molecule is CCc1ccc(CC)c(C(N)c2cccc(F)c2F)c1. The van der Waals surface area contributed by atoms with Crippen LogP contribution in [0, 0.1) is 11.6 Å². The van der Waals surface area contributed by atoms with E-state index in [2.05, 4.69) is 13.0 Å². The van der Waals surface area contributed by atoms with Crippen LogP contribution in [0.5, 0.6) is 0 Å². The van der Waals surface area contributed by atoms with Crippen LogP contribution in [-0.2, 0) is 12.8 Å². The van der Waals surface area contributed by atoms with E-state index >= 15 is 0 Å². The summed E-state index contributed by atoms with van der Waals surface area (Å²) in [7, 11) is 0. The Morgan fingerprint density at radius 2 is 1.75 bits per heavy atom. The third kappa shape index (κ3) is 2.73. The quantitative estimate of drug-likeness (QED) is 0.891. The van der Waals surface area contributed by atoms with Gasteiger partial charge in [-0.3, -0.25) is 0 Å². The zero-order valence-corrected chi connectivity index (χ0v) is 11.8. The Kier molecular flexibility index (Phi) is 4.50. The molecule has 2 aromatic carbocycles. The average Bonchev–Trinajstić information content (AvgIpc) is 2.48. The third-order valence-corrected chi connectivity index (χ3v) is 3.65. The Labute approximate surface area is 118 Å². The van der Waals surface area contributed by atoms with E-state index in [9.17, 15) is 8.78 Å². The summed E-state index contributed by atoms with van der Waals surface area (Å²) in [6.07, 6.45) is 1.69. The van der Waals surface area contributed by atoms with E-state index in [4.69, 9.17) is 5.73 Å². The maximum Gasteiger partial charge on any atom is 0.163 e. The second-order valence-corrected chi connectivity index (χ2v) is 4.86. The van der Waals surface area contributed by atoms with Crippen LogP contribution in [0.15, 0.2) is 36.4 Å². The van der Waals surface area contributed by atoms with Gasteiger partial charge < -0.3 is 5.73 Å². The van der Waals surface area contributed by atoms with Crippen molar-refractivity contribution in [3.63, 3.8) is 0 Å².